The summed E-state index contributed by atoms with van der Waals surface area (Å²) in [6.07, 6.45) is 3.25. The lowest BCUT2D eigenvalue weighted by atomic mass is 9.98. The summed E-state index contributed by atoms with van der Waals surface area (Å²) in [7, 11) is -1.98. The first kappa shape index (κ1) is 39.6. The highest BCUT2D eigenvalue weighted by Crippen LogP contribution is 2.49. The topological polar surface area (TPSA) is 155 Å². The summed E-state index contributed by atoms with van der Waals surface area (Å²) < 4.78 is 69.8. The molecule has 1 saturated heterocycles. The average Bonchev–Trinajstić information content (AvgIpc) is 3.99. The third-order valence-electron chi connectivity index (χ3n) is 9.54. The second-order valence-electron chi connectivity index (χ2n) is 13.3. The Balaban J connectivity index is 1.06. The largest absolute Gasteiger partial charge is 0.493 e. The van der Waals surface area contributed by atoms with Gasteiger partial charge < -0.3 is 38.8 Å². The van der Waals surface area contributed by atoms with Crippen LogP contribution in [0.25, 0.3) is 10.9 Å². The first-order valence-electron chi connectivity index (χ1n) is 18.1. The summed E-state index contributed by atoms with van der Waals surface area (Å²) >= 11 is 0. The highest BCUT2D eigenvalue weighted by Gasteiger charge is 2.56. The number of methoxy groups -OCH3 is 1. The number of ether oxygens (including phenoxy) is 3. The number of fused-ring (bicyclic) bond motifs is 1. The van der Waals surface area contributed by atoms with Gasteiger partial charge in [-0.3, -0.25) is 23.9 Å². The molecule has 13 nitrogen and oxygen atoms in total. The van der Waals surface area contributed by atoms with Crippen LogP contribution in [0.5, 0.6) is 23.0 Å². The van der Waals surface area contributed by atoms with Gasteiger partial charge in [-0.15, -0.1) is 0 Å². The number of halogens is 2. The van der Waals surface area contributed by atoms with Gasteiger partial charge in [-0.2, -0.15) is 0 Å². The molecule has 2 heterocycles. The van der Waals surface area contributed by atoms with Crippen LogP contribution in [0.4, 0.5) is 20.2 Å². The van der Waals surface area contributed by atoms with Crippen molar-refractivity contribution in [1.82, 2.24) is 9.88 Å². The predicted molar refractivity (Wildman–Crippen MR) is 201 cm³/mol. The van der Waals surface area contributed by atoms with Gasteiger partial charge in [-0.05, 0) is 94.0 Å². The first-order valence-corrected chi connectivity index (χ1v) is 19.8. The number of amides is 3. The first-order chi connectivity index (χ1) is 26.5. The Kier molecular flexibility index (Phi) is 12.3. The van der Waals surface area contributed by atoms with Crippen molar-refractivity contribution in [2.24, 2.45) is 11.3 Å². The predicted octanol–water partition coefficient (Wildman–Crippen LogP) is 7.55. The molecule has 0 bridgehead atoms. The van der Waals surface area contributed by atoms with Crippen LogP contribution >= 0.6 is 7.60 Å². The molecule has 1 aliphatic carbocycles. The Bertz CT molecular complexity index is 2080. The number of anilines is 2. The summed E-state index contributed by atoms with van der Waals surface area (Å²) in [6, 6.07) is 14.2. The summed E-state index contributed by atoms with van der Waals surface area (Å²) in [5.74, 6) is -1.34. The van der Waals surface area contributed by atoms with Crippen LogP contribution in [-0.4, -0.2) is 73.8 Å². The Labute approximate surface area is 317 Å². The Hall–Kier alpha value is -5.11. The Morgan fingerprint density at radius 1 is 0.855 bits per heavy atom. The van der Waals surface area contributed by atoms with E-state index < -0.39 is 36.5 Å². The average molecular weight is 781 g/mol. The molecule has 2 N–H and O–H groups in total. The molecule has 0 atom stereocenters. The number of nitrogens with one attached hydrogen (secondary N) is 2. The number of hydrogen-bond acceptors (Lipinski definition) is 10. The zero-order chi connectivity index (χ0) is 39.2. The van der Waals surface area contributed by atoms with Gasteiger partial charge in [-0.25, -0.2) is 8.78 Å². The SMILES string of the molecule is CCOP(=O)(CC(=O)N1CCC(COc2cc3nccc(Oc4ccc(NC(=O)C5(C(=O)Nc6ccc(F)cc6)CC5)cc4F)c3cc2OC)CC1)OCC. The van der Waals surface area contributed by atoms with Crippen LogP contribution in [0, 0.1) is 23.0 Å². The molecule has 292 valence electrons. The van der Waals surface area contributed by atoms with Crippen LogP contribution in [0.2, 0.25) is 0 Å². The standard InChI is InChI=1S/C39H43F2N4O9P/c1-4-52-55(49,53-5-2)24-36(46)45-18-13-25(14-19-45)23-51-35-22-31-29(21-34(35)50-3)32(12-17-42-31)54-33-11-10-28(20-30(33)41)44-38(48)39(15-16-39)37(47)43-27-8-6-26(40)7-9-27/h6-12,17,20-22,25H,4-5,13-16,18-19,23-24H2,1-3H3,(H,43,47)(H,44,48). The van der Waals surface area contributed by atoms with E-state index in [1.54, 1.807) is 36.9 Å². The molecule has 16 heteroatoms. The van der Waals surface area contributed by atoms with Crippen LogP contribution in [0.1, 0.15) is 39.5 Å². The number of hydrogen-bond donors (Lipinski definition) is 2. The molecule has 0 unspecified atom stereocenters. The van der Waals surface area contributed by atoms with Gasteiger partial charge in [0.25, 0.3) is 0 Å². The number of likely N-dealkylation sites (tertiary alicyclic amines) is 1. The van der Waals surface area contributed by atoms with Crippen molar-refractivity contribution in [3.05, 3.63) is 78.5 Å². The number of aromatic nitrogens is 1. The maximum atomic E-state index is 15.4. The van der Waals surface area contributed by atoms with Crippen LogP contribution in [0.3, 0.4) is 0 Å². The number of rotatable bonds is 16. The molecule has 4 aromatic rings. The molecule has 55 heavy (non-hydrogen) atoms. The van der Waals surface area contributed by atoms with Crippen LogP contribution in [-0.2, 0) is 28.0 Å². The van der Waals surface area contributed by atoms with E-state index in [0.717, 1.165) is 6.07 Å². The van der Waals surface area contributed by atoms with Crippen LogP contribution < -0.4 is 24.8 Å². The van der Waals surface area contributed by atoms with Crippen molar-refractivity contribution < 1.29 is 51.0 Å². The lowest BCUT2D eigenvalue weighted by Gasteiger charge is -2.32. The van der Waals surface area contributed by atoms with Crippen molar-refractivity contribution >= 4 is 47.6 Å². The molecule has 2 fully saturated rings. The lowest BCUT2D eigenvalue weighted by Crippen LogP contribution is -2.41. The van der Waals surface area contributed by atoms with E-state index in [-0.39, 0.29) is 42.6 Å². The van der Waals surface area contributed by atoms with Crippen molar-refractivity contribution in [3.8, 4) is 23.0 Å². The van der Waals surface area contributed by atoms with E-state index in [4.69, 9.17) is 23.3 Å². The molecule has 1 aromatic heterocycles. The fraction of sp³-hybridized carbons (Fsp3) is 0.385. The summed E-state index contributed by atoms with van der Waals surface area (Å²) in [4.78, 5) is 45.0. The molecule has 0 radical (unpaired) electrons. The number of carbonyl (C=O) groups is 3. The molecular weight excluding hydrogens is 737 g/mol. The summed E-state index contributed by atoms with van der Waals surface area (Å²) in [5.41, 5.74) is -0.291. The minimum Gasteiger partial charge on any atom is -0.493 e. The quantitative estimate of drug-likeness (QED) is 0.0860. The van der Waals surface area contributed by atoms with Gasteiger partial charge in [0, 0.05) is 48.2 Å². The second kappa shape index (κ2) is 17.1. The molecule has 1 aliphatic heterocycles. The number of carbonyl (C=O) groups excluding carboxylic acids is 3. The number of piperidine rings is 1. The molecule has 1 saturated carbocycles. The number of nitrogens with zero attached hydrogens (tertiary/aromatic N) is 2. The van der Waals surface area contributed by atoms with Crippen molar-refractivity contribution in [3.63, 3.8) is 0 Å². The van der Waals surface area contributed by atoms with Crippen molar-refractivity contribution in [1.29, 1.82) is 0 Å². The van der Waals surface area contributed by atoms with Gasteiger partial charge >= 0.3 is 7.60 Å². The van der Waals surface area contributed by atoms with E-state index in [2.05, 4.69) is 15.6 Å². The third-order valence-corrected chi connectivity index (χ3v) is 11.5. The van der Waals surface area contributed by atoms with Gasteiger partial charge in [0.2, 0.25) is 17.7 Å². The van der Waals surface area contributed by atoms with E-state index in [9.17, 15) is 23.3 Å². The lowest BCUT2D eigenvalue weighted by molar-refractivity contribution is -0.131. The Morgan fingerprint density at radius 3 is 2.13 bits per heavy atom. The third kappa shape index (κ3) is 9.41. The zero-order valence-corrected chi connectivity index (χ0v) is 31.7. The van der Waals surface area contributed by atoms with Crippen molar-refractivity contribution in [2.45, 2.75) is 39.5 Å². The smallest absolute Gasteiger partial charge is 0.340 e. The normalized spacial score (nSPS) is 15.3. The maximum Gasteiger partial charge on any atom is 0.340 e. The molecule has 2 aliphatic rings. The second-order valence-corrected chi connectivity index (χ2v) is 15.4. The van der Waals surface area contributed by atoms with E-state index >= 15 is 4.39 Å². The van der Waals surface area contributed by atoms with Gasteiger partial charge in [0.1, 0.15) is 23.1 Å². The summed E-state index contributed by atoms with van der Waals surface area (Å²) in [5, 5.41) is 5.81. The fourth-order valence-electron chi connectivity index (χ4n) is 6.33. The fourth-order valence-corrected chi connectivity index (χ4v) is 7.91. The highest BCUT2D eigenvalue weighted by molar-refractivity contribution is 7.54. The van der Waals surface area contributed by atoms with Gasteiger partial charge in [0.05, 0.1) is 32.4 Å². The molecule has 3 aromatic carbocycles. The number of pyridine rings is 1. The van der Waals surface area contributed by atoms with Crippen molar-refractivity contribution in [2.75, 3.05) is 56.8 Å². The van der Waals surface area contributed by atoms with E-state index in [0.29, 0.717) is 79.2 Å². The molecule has 3 amide bonds. The molecular formula is C39H43F2N4O9P. The number of benzene rings is 3. The zero-order valence-electron chi connectivity index (χ0n) is 30.8. The monoisotopic (exact) mass is 780 g/mol. The van der Waals surface area contributed by atoms with Crippen LogP contribution in [0.15, 0.2) is 66.9 Å². The van der Waals surface area contributed by atoms with Gasteiger partial charge in [0.15, 0.2) is 23.1 Å². The Morgan fingerprint density at radius 2 is 1.51 bits per heavy atom. The maximum absolute atomic E-state index is 15.4. The molecule has 6 rings (SSSR count). The minimum atomic E-state index is -3.48. The molecule has 0 spiro atoms. The van der Waals surface area contributed by atoms with Gasteiger partial charge in [-0.1, -0.05) is 0 Å². The van der Waals surface area contributed by atoms with E-state index in [1.165, 1.54) is 49.7 Å². The highest BCUT2D eigenvalue weighted by atomic mass is 31.2. The summed E-state index contributed by atoms with van der Waals surface area (Å²) in [6.45, 7) is 5.13. The minimum absolute atomic E-state index is 0.108. The van der Waals surface area contributed by atoms with E-state index in [1.807, 2.05) is 0 Å².